The molecule has 90 valence electrons. The Morgan fingerprint density at radius 2 is 2.00 bits per heavy atom. The van der Waals surface area contributed by atoms with Crippen LogP contribution in [-0.4, -0.2) is 4.98 Å². The quantitative estimate of drug-likeness (QED) is 0.476. The number of nitrogens with zero attached hydrogens (tertiary/aromatic N) is 2. The minimum absolute atomic E-state index is 0.694. The van der Waals surface area contributed by atoms with Gasteiger partial charge in [-0.25, -0.2) is 0 Å². The zero-order chi connectivity index (χ0) is 13.2. The molecule has 3 aromatic rings. The van der Waals surface area contributed by atoms with E-state index in [1.807, 2.05) is 42.6 Å². The monoisotopic (exact) mass is 264 g/mol. The first-order valence-corrected chi connectivity index (χ1v) is 6.19. The fourth-order valence-electron chi connectivity index (χ4n) is 2.26. The van der Waals surface area contributed by atoms with Crippen molar-refractivity contribution < 1.29 is 0 Å². The van der Waals surface area contributed by atoms with E-state index in [-0.39, 0.29) is 0 Å². The van der Waals surface area contributed by atoms with E-state index in [1.54, 1.807) is 6.20 Å². The molecule has 1 heterocycles. The summed E-state index contributed by atoms with van der Waals surface area (Å²) in [6.45, 7) is 0. The summed E-state index contributed by atoms with van der Waals surface area (Å²) in [6.07, 6.45) is 6.90. The third-order valence-corrected chi connectivity index (χ3v) is 3.32. The molecule has 0 bridgehead atoms. The van der Waals surface area contributed by atoms with Crippen molar-refractivity contribution in [3.8, 4) is 6.07 Å². The van der Waals surface area contributed by atoms with Gasteiger partial charge in [-0.15, -0.1) is 0 Å². The van der Waals surface area contributed by atoms with Crippen LogP contribution in [0.4, 0.5) is 0 Å². The predicted molar refractivity (Wildman–Crippen MR) is 78.9 cm³/mol. The summed E-state index contributed by atoms with van der Waals surface area (Å²) < 4.78 is 0. The molecule has 19 heavy (non-hydrogen) atoms. The SMILES string of the molecule is N#CC=Cc1cc2ccncc2c2cc(Cl)ccc12. The number of hydrogen-bond acceptors (Lipinski definition) is 2. The highest BCUT2D eigenvalue weighted by Crippen LogP contribution is 2.31. The Morgan fingerprint density at radius 3 is 2.84 bits per heavy atom. The summed E-state index contributed by atoms with van der Waals surface area (Å²) in [7, 11) is 0. The lowest BCUT2D eigenvalue weighted by Gasteiger charge is -2.07. The van der Waals surface area contributed by atoms with Gasteiger partial charge in [-0.3, -0.25) is 4.98 Å². The minimum Gasteiger partial charge on any atom is -0.264 e. The molecule has 3 rings (SSSR count). The molecule has 0 saturated carbocycles. The van der Waals surface area contributed by atoms with Gasteiger partial charge in [0.2, 0.25) is 0 Å². The number of benzene rings is 2. The molecule has 0 saturated heterocycles. The van der Waals surface area contributed by atoms with E-state index in [4.69, 9.17) is 16.9 Å². The molecular weight excluding hydrogens is 256 g/mol. The number of fused-ring (bicyclic) bond motifs is 3. The molecule has 0 radical (unpaired) electrons. The maximum Gasteiger partial charge on any atom is 0.0912 e. The average Bonchev–Trinajstić information content (AvgIpc) is 2.44. The van der Waals surface area contributed by atoms with Gasteiger partial charge in [0.1, 0.15) is 0 Å². The summed E-state index contributed by atoms with van der Waals surface area (Å²) in [5.74, 6) is 0. The highest BCUT2D eigenvalue weighted by Gasteiger charge is 2.05. The Labute approximate surface area is 115 Å². The molecule has 0 aliphatic heterocycles. The minimum atomic E-state index is 0.694. The van der Waals surface area contributed by atoms with Crippen LogP contribution in [-0.2, 0) is 0 Å². The second kappa shape index (κ2) is 4.72. The maximum atomic E-state index is 8.69. The van der Waals surface area contributed by atoms with Gasteiger partial charge in [0.25, 0.3) is 0 Å². The second-order valence-electron chi connectivity index (χ2n) is 4.21. The summed E-state index contributed by atoms with van der Waals surface area (Å²) in [5.41, 5.74) is 1.01. The number of aromatic nitrogens is 1. The fraction of sp³-hybridized carbons (Fsp3) is 0. The van der Waals surface area contributed by atoms with Crippen molar-refractivity contribution in [2.24, 2.45) is 0 Å². The molecule has 0 fully saturated rings. The van der Waals surface area contributed by atoms with E-state index in [1.165, 1.54) is 6.08 Å². The number of rotatable bonds is 1. The van der Waals surface area contributed by atoms with Crippen LogP contribution < -0.4 is 0 Å². The molecule has 0 aliphatic carbocycles. The first-order valence-electron chi connectivity index (χ1n) is 5.82. The van der Waals surface area contributed by atoms with Gasteiger partial charge in [0, 0.05) is 28.9 Å². The van der Waals surface area contributed by atoms with Crippen molar-refractivity contribution in [3.63, 3.8) is 0 Å². The summed E-state index contributed by atoms with van der Waals surface area (Å²) >= 11 is 6.08. The van der Waals surface area contributed by atoms with Gasteiger partial charge in [-0.05, 0) is 52.1 Å². The molecule has 2 nitrogen and oxygen atoms in total. The maximum absolute atomic E-state index is 8.69. The normalized spacial score (nSPS) is 11.2. The number of hydrogen-bond donors (Lipinski definition) is 0. The number of allylic oxidation sites excluding steroid dienone is 1. The Bertz CT molecular complexity index is 844. The highest BCUT2D eigenvalue weighted by atomic mass is 35.5. The van der Waals surface area contributed by atoms with Crippen molar-refractivity contribution in [2.45, 2.75) is 0 Å². The van der Waals surface area contributed by atoms with Crippen molar-refractivity contribution in [2.75, 3.05) is 0 Å². The fourth-order valence-corrected chi connectivity index (χ4v) is 2.43. The van der Waals surface area contributed by atoms with Gasteiger partial charge in [-0.1, -0.05) is 17.7 Å². The van der Waals surface area contributed by atoms with E-state index in [0.717, 1.165) is 27.1 Å². The van der Waals surface area contributed by atoms with Crippen molar-refractivity contribution >= 4 is 39.2 Å². The van der Waals surface area contributed by atoms with Crippen LogP contribution in [0, 0.1) is 11.3 Å². The standard InChI is InChI=1S/C16H9ClN2/c17-13-3-4-14-11(2-1-6-18)8-12-5-7-19-10-16(12)15(14)9-13/h1-5,7-10H. The summed E-state index contributed by atoms with van der Waals surface area (Å²) in [4.78, 5) is 4.17. The molecule has 0 atom stereocenters. The van der Waals surface area contributed by atoms with E-state index >= 15 is 0 Å². The van der Waals surface area contributed by atoms with Gasteiger partial charge < -0.3 is 0 Å². The number of halogens is 1. The van der Waals surface area contributed by atoms with Crippen LogP contribution in [0.15, 0.2) is 48.8 Å². The van der Waals surface area contributed by atoms with Crippen molar-refractivity contribution in [1.29, 1.82) is 5.26 Å². The average molecular weight is 265 g/mol. The molecule has 2 aromatic carbocycles. The smallest absolute Gasteiger partial charge is 0.0912 e. The van der Waals surface area contributed by atoms with Gasteiger partial charge in [0.15, 0.2) is 0 Å². The zero-order valence-corrected chi connectivity index (χ0v) is 10.7. The first kappa shape index (κ1) is 11.7. The largest absolute Gasteiger partial charge is 0.264 e. The predicted octanol–water partition coefficient (Wildman–Crippen LogP) is 4.58. The van der Waals surface area contributed by atoms with E-state index < -0.39 is 0 Å². The van der Waals surface area contributed by atoms with Crippen LogP contribution in [0.5, 0.6) is 0 Å². The van der Waals surface area contributed by atoms with E-state index in [2.05, 4.69) is 11.1 Å². The summed E-state index contributed by atoms with van der Waals surface area (Å²) in [5, 5.41) is 13.6. The molecule has 0 aliphatic rings. The lowest BCUT2D eigenvalue weighted by Crippen LogP contribution is -1.84. The van der Waals surface area contributed by atoms with E-state index in [0.29, 0.717) is 5.02 Å². The first-order chi connectivity index (χ1) is 9.29. The van der Waals surface area contributed by atoms with Crippen molar-refractivity contribution in [1.82, 2.24) is 4.98 Å². The van der Waals surface area contributed by atoms with Crippen LogP contribution in [0.1, 0.15) is 5.56 Å². The second-order valence-corrected chi connectivity index (χ2v) is 4.65. The third kappa shape index (κ3) is 2.05. The van der Waals surface area contributed by atoms with Gasteiger partial charge in [-0.2, -0.15) is 5.26 Å². The Hall–Kier alpha value is -2.37. The topological polar surface area (TPSA) is 36.7 Å². The molecule has 0 N–H and O–H groups in total. The Morgan fingerprint density at radius 1 is 1.11 bits per heavy atom. The number of nitriles is 1. The van der Waals surface area contributed by atoms with Crippen LogP contribution in [0.25, 0.3) is 27.6 Å². The zero-order valence-electron chi connectivity index (χ0n) is 9.97. The lowest BCUT2D eigenvalue weighted by atomic mass is 9.98. The molecular formula is C16H9ClN2. The number of pyridine rings is 1. The highest BCUT2D eigenvalue weighted by molar-refractivity contribution is 6.32. The van der Waals surface area contributed by atoms with Crippen LogP contribution >= 0.6 is 11.6 Å². The van der Waals surface area contributed by atoms with Gasteiger partial charge >= 0.3 is 0 Å². The van der Waals surface area contributed by atoms with Gasteiger partial charge in [0.05, 0.1) is 6.07 Å². The Kier molecular flexibility index (Phi) is 2.91. The lowest BCUT2D eigenvalue weighted by molar-refractivity contribution is 1.37. The third-order valence-electron chi connectivity index (χ3n) is 3.09. The molecule has 0 unspecified atom stereocenters. The molecule has 3 heteroatoms. The molecule has 0 spiro atoms. The van der Waals surface area contributed by atoms with Crippen LogP contribution in [0.3, 0.4) is 0 Å². The molecule has 1 aromatic heterocycles. The van der Waals surface area contributed by atoms with Crippen LogP contribution in [0.2, 0.25) is 5.02 Å². The van der Waals surface area contributed by atoms with Crippen molar-refractivity contribution in [3.05, 3.63) is 59.4 Å². The molecule has 0 amide bonds. The summed E-state index contributed by atoms with van der Waals surface area (Å²) in [6, 6.07) is 11.8. The van der Waals surface area contributed by atoms with E-state index in [9.17, 15) is 0 Å². The Balaban J connectivity index is 2.48.